The van der Waals surface area contributed by atoms with Gasteiger partial charge in [0.25, 0.3) is 5.91 Å². The molecule has 7 heteroatoms. The first-order chi connectivity index (χ1) is 14.0. The zero-order valence-electron chi connectivity index (χ0n) is 17.1. The molecule has 3 aromatic rings. The highest BCUT2D eigenvalue weighted by Crippen LogP contribution is 2.20. The second-order valence-corrected chi connectivity index (χ2v) is 6.77. The summed E-state index contributed by atoms with van der Waals surface area (Å²) in [6.07, 6.45) is -0.0688. The molecule has 0 spiro atoms. The van der Waals surface area contributed by atoms with Crippen LogP contribution in [0.1, 0.15) is 24.8 Å². The van der Waals surface area contributed by atoms with Crippen LogP contribution in [0.5, 0.6) is 11.5 Å². The van der Waals surface area contributed by atoms with Gasteiger partial charge in [-0.1, -0.05) is 35.8 Å². The summed E-state index contributed by atoms with van der Waals surface area (Å²) in [5, 5.41) is 4.02. The lowest BCUT2D eigenvalue weighted by atomic mass is 10.1. The number of aryl methyl sites for hydroxylation is 1. The predicted octanol–water partition coefficient (Wildman–Crippen LogP) is 3.87. The van der Waals surface area contributed by atoms with Crippen molar-refractivity contribution in [3.05, 3.63) is 60.0 Å². The van der Waals surface area contributed by atoms with Crippen LogP contribution < -0.4 is 9.47 Å². The van der Waals surface area contributed by atoms with Crippen LogP contribution >= 0.6 is 0 Å². The Labute approximate surface area is 170 Å². The maximum absolute atomic E-state index is 12.8. The van der Waals surface area contributed by atoms with Crippen LogP contribution in [-0.4, -0.2) is 41.2 Å². The fourth-order valence-electron chi connectivity index (χ4n) is 2.87. The molecular weight excluding hydrogens is 370 g/mol. The van der Waals surface area contributed by atoms with Crippen LogP contribution in [0.15, 0.2) is 53.1 Å². The molecule has 0 unspecified atom stereocenters. The molecule has 0 aliphatic heterocycles. The van der Waals surface area contributed by atoms with Gasteiger partial charge in [0.2, 0.25) is 11.7 Å². The molecule has 0 radical (unpaired) electrons. The molecule has 3 rings (SSSR count). The third-order valence-corrected chi connectivity index (χ3v) is 4.48. The average molecular weight is 395 g/mol. The van der Waals surface area contributed by atoms with Crippen molar-refractivity contribution in [2.45, 2.75) is 32.9 Å². The van der Waals surface area contributed by atoms with E-state index in [1.54, 1.807) is 38.4 Å². The molecule has 0 aliphatic rings. The number of methoxy groups -OCH3 is 1. The molecule has 1 atom stereocenters. The third kappa shape index (κ3) is 5.13. The van der Waals surface area contributed by atoms with Gasteiger partial charge in [-0.05, 0) is 43.7 Å². The minimum atomic E-state index is -0.604. The highest BCUT2D eigenvalue weighted by molar-refractivity contribution is 5.81. The number of carbonyl (C=O) groups excluding carboxylic acids is 1. The molecule has 0 fully saturated rings. The Hall–Kier alpha value is -3.35. The van der Waals surface area contributed by atoms with Crippen molar-refractivity contribution >= 4 is 5.91 Å². The van der Waals surface area contributed by atoms with Crippen molar-refractivity contribution in [1.29, 1.82) is 0 Å². The second-order valence-electron chi connectivity index (χ2n) is 6.77. The number of rotatable bonds is 8. The van der Waals surface area contributed by atoms with Gasteiger partial charge in [0.15, 0.2) is 6.10 Å². The Morgan fingerprint density at radius 3 is 2.55 bits per heavy atom. The number of aromatic nitrogens is 2. The summed E-state index contributed by atoms with van der Waals surface area (Å²) in [4.78, 5) is 18.8. The van der Waals surface area contributed by atoms with E-state index in [0.717, 1.165) is 16.9 Å². The smallest absolute Gasteiger partial charge is 0.263 e. The van der Waals surface area contributed by atoms with Crippen LogP contribution in [0.2, 0.25) is 0 Å². The predicted molar refractivity (Wildman–Crippen MR) is 109 cm³/mol. The lowest BCUT2D eigenvalue weighted by molar-refractivity contribution is -0.138. The third-order valence-electron chi connectivity index (χ3n) is 4.48. The monoisotopic (exact) mass is 395 g/mol. The van der Waals surface area contributed by atoms with E-state index in [1.165, 1.54) is 4.90 Å². The minimum Gasteiger partial charge on any atom is -0.497 e. The van der Waals surface area contributed by atoms with Crippen molar-refractivity contribution in [3.8, 4) is 22.9 Å². The van der Waals surface area contributed by atoms with Crippen molar-refractivity contribution < 1.29 is 18.8 Å². The Morgan fingerprint density at radius 1 is 1.17 bits per heavy atom. The summed E-state index contributed by atoms with van der Waals surface area (Å²) in [5.41, 5.74) is 1.99. The summed E-state index contributed by atoms with van der Waals surface area (Å²) in [6.45, 7) is 4.12. The Kier molecular flexibility index (Phi) is 6.49. The molecule has 0 saturated carbocycles. The molecular formula is C22H25N3O4. The van der Waals surface area contributed by atoms with Crippen molar-refractivity contribution in [1.82, 2.24) is 15.0 Å². The molecule has 7 nitrogen and oxygen atoms in total. The highest BCUT2D eigenvalue weighted by Gasteiger charge is 2.24. The van der Waals surface area contributed by atoms with E-state index in [1.807, 2.05) is 38.1 Å². The average Bonchev–Trinajstić information content (AvgIpc) is 3.20. The van der Waals surface area contributed by atoms with Gasteiger partial charge in [0.05, 0.1) is 13.7 Å². The number of hydrogen-bond acceptors (Lipinski definition) is 6. The zero-order chi connectivity index (χ0) is 20.8. The first-order valence-corrected chi connectivity index (χ1v) is 9.45. The van der Waals surface area contributed by atoms with Gasteiger partial charge in [-0.15, -0.1) is 0 Å². The number of amides is 1. The van der Waals surface area contributed by atoms with Crippen LogP contribution in [0.25, 0.3) is 11.4 Å². The standard InChI is InChI=1S/C22H25N3O4/c1-5-19(28-18-11-9-17(27-4)10-12-18)22(26)25(3)14-20-23-21(24-29-20)16-8-6-7-15(2)13-16/h6-13,19H,5,14H2,1-4H3/t19-/m1/s1. The van der Waals surface area contributed by atoms with Gasteiger partial charge in [0.1, 0.15) is 11.5 Å². The number of hydrogen-bond donors (Lipinski definition) is 0. The van der Waals surface area contributed by atoms with Gasteiger partial charge in [-0.2, -0.15) is 4.98 Å². The van der Waals surface area contributed by atoms with E-state index in [9.17, 15) is 4.79 Å². The van der Waals surface area contributed by atoms with Crippen LogP contribution in [0.4, 0.5) is 0 Å². The maximum atomic E-state index is 12.8. The van der Waals surface area contributed by atoms with E-state index in [0.29, 0.717) is 23.9 Å². The van der Waals surface area contributed by atoms with Crippen LogP contribution in [0.3, 0.4) is 0 Å². The lowest BCUT2D eigenvalue weighted by Crippen LogP contribution is -2.39. The SMILES string of the molecule is CC[C@@H](Oc1ccc(OC)cc1)C(=O)N(C)Cc1nc(-c2cccc(C)c2)no1. The largest absolute Gasteiger partial charge is 0.497 e. The first-order valence-electron chi connectivity index (χ1n) is 9.45. The number of carbonyl (C=O) groups is 1. The van der Waals surface area contributed by atoms with Crippen LogP contribution in [0, 0.1) is 6.92 Å². The summed E-state index contributed by atoms with van der Waals surface area (Å²) in [7, 11) is 3.30. The van der Waals surface area contributed by atoms with Crippen LogP contribution in [-0.2, 0) is 11.3 Å². The van der Waals surface area contributed by atoms with Gasteiger partial charge < -0.3 is 18.9 Å². The number of nitrogens with zero attached hydrogens (tertiary/aromatic N) is 3. The fraction of sp³-hybridized carbons (Fsp3) is 0.318. The second kappa shape index (κ2) is 9.23. The van der Waals surface area contributed by atoms with E-state index in [-0.39, 0.29) is 12.5 Å². The van der Waals surface area contributed by atoms with Gasteiger partial charge in [0, 0.05) is 12.6 Å². The van der Waals surface area contributed by atoms with Gasteiger partial charge >= 0.3 is 0 Å². The summed E-state index contributed by atoms with van der Waals surface area (Å²) >= 11 is 0. The number of ether oxygens (including phenoxy) is 2. The zero-order valence-corrected chi connectivity index (χ0v) is 17.1. The van der Waals surface area contributed by atoms with Crippen molar-refractivity contribution in [2.75, 3.05) is 14.2 Å². The fourth-order valence-corrected chi connectivity index (χ4v) is 2.87. The molecule has 2 aromatic carbocycles. The number of likely N-dealkylation sites (N-methyl/N-ethyl adjacent to an activating group) is 1. The van der Waals surface area contributed by atoms with E-state index in [2.05, 4.69) is 10.1 Å². The lowest BCUT2D eigenvalue weighted by Gasteiger charge is -2.22. The molecule has 0 bridgehead atoms. The molecule has 1 amide bonds. The van der Waals surface area contributed by atoms with Crippen molar-refractivity contribution in [3.63, 3.8) is 0 Å². The molecule has 1 heterocycles. The molecule has 0 N–H and O–H groups in total. The topological polar surface area (TPSA) is 77.7 Å². The first kappa shape index (κ1) is 20.4. The summed E-state index contributed by atoms with van der Waals surface area (Å²) < 4.78 is 16.3. The molecule has 0 aliphatic carbocycles. The summed E-state index contributed by atoms with van der Waals surface area (Å²) in [6, 6.07) is 15.0. The van der Waals surface area contributed by atoms with Gasteiger partial charge in [-0.3, -0.25) is 4.79 Å². The highest BCUT2D eigenvalue weighted by atomic mass is 16.5. The van der Waals surface area contributed by atoms with Crippen molar-refractivity contribution in [2.24, 2.45) is 0 Å². The minimum absolute atomic E-state index is 0.154. The quantitative estimate of drug-likeness (QED) is 0.576. The Bertz CT molecular complexity index is 953. The molecule has 0 saturated heterocycles. The Morgan fingerprint density at radius 2 is 1.90 bits per heavy atom. The molecule has 1 aromatic heterocycles. The normalized spacial score (nSPS) is 11.7. The van der Waals surface area contributed by atoms with Gasteiger partial charge in [-0.25, -0.2) is 0 Å². The van der Waals surface area contributed by atoms with E-state index < -0.39 is 6.10 Å². The Balaban J connectivity index is 1.64. The molecule has 152 valence electrons. The molecule has 29 heavy (non-hydrogen) atoms. The summed E-state index contributed by atoms with van der Waals surface area (Å²) in [5.74, 6) is 2.06. The van der Waals surface area contributed by atoms with E-state index >= 15 is 0 Å². The van der Waals surface area contributed by atoms with E-state index in [4.69, 9.17) is 14.0 Å². The maximum Gasteiger partial charge on any atom is 0.263 e. The number of benzene rings is 2.